The third-order valence-corrected chi connectivity index (χ3v) is 5.14. The summed E-state index contributed by atoms with van der Waals surface area (Å²) in [4.78, 5) is 12.6. The lowest BCUT2D eigenvalue weighted by atomic mass is 10.1. The van der Waals surface area contributed by atoms with E-state index in [-0.39, 0.29) is 35.5 Å². The molecule has 9 heteroatoms. The number of hydrogen-bond donors (Lipinski definition) is 2. The Balaban J connectivity index is 1.33. The summed E-state index contributed by atoms with van der Waals surface area (Å²) in [5.41, 5.74) is 8.04. The van der Waals surface area contributed by atoms with E-state index in [9.17, 15) is 14.4 Å². The summed E-state index contributed by atoms with van der Waals surface area (Å²) in [5.74, 6) is 0.346. The second kappa shape index (κ2) is 10.4. The minimum Gasteiger partial charge on any atom is -0.489 e. The molecule has 0 unspecified atom stereocenters. The average Bonchev–Trinajstić information content (AvgIpc) is 3.45. The van der Waals surface area contributed by atoms with E-state index in [0.29, 0.717) is 42.1 Å². The van der Waals surface area contributed by atoms with Gasteiger partial charge in [-0.25, -0.2) is 9.07 Å². The summed E-state index contributed by atoms with van der Waals surface area (Å²) in [6.45, 7) is 0.543. The molecule has 2 heterocycles. The van der Waals surface area contributed by atoms with Crippen molar-refractivity contribution in [2.24, 2.45) is 0 Å². The minimum absolute atomic E-state index is 0.187. The van der Waals surface area contributed by atoms with Crippen molar-refractivity contribution in [1.29, 1.82) is 5.26 Å². The number of halogens is 1. The number of nitrogens with two attached hydrogens (primary N) is 1. The number of nitrogens with one attached hydrogen (secondary N) is 1. The number of nitrogens with zero attached hydrogens (tertiary/aromatic N) is 3. The van der Waals surface area contributed by atoms with Crippen LogP contribution in [0, 0.1) is 17.1 Å². The molecule has 0 bridgehead atoms. The van der Waals surface area contributed by atoms with Gasteiger partial charge in [0.15, 0.2) is 5.76 Å². The molecule has 0 radical (unpaired) electrons. The lowest BCUT2D eigenvalue weighted by Crippen LogP contribution is -2.25. The topological polar surface area (TPSA) is 119 Å². The molecule has 3 N–H and O–H groups in total. The van der Waals surface area contributed by atoms with E-state index < -0.39 is 0 Å². The molecule has 2 aromatic carbocycles. The van der Waals surface area contributed by atoms with Gasteiger partial charge in [-0.2, -0.15) is 10.4 Å². The van der Waals surface area contributed by atoms with Crippen LogP contribution in [-0.4, -0.2) is 22.2 Å². The summed E-state index contributed by atoms with van der Waals surface area (Å²) in [6.07, 6.45) is 2.39. The van der Waals surface area contributed by atoms with Crippen molar-refractivity contribution in [3.8, 4) is 17.5 Å². The van der Waals surface area contributed by atoms with Gasteiger partial charge in [0.05, 0.1) is 17.6 Å². The quantitative estimate of drug-likeness (QED) is 0.365. The highest BCUT2D eigenvalue weighted by Gasteiger charge is 2.18. The van der Waals surface area contributed by atoms with Crippen LogP contribution in [0.5, 0.6) is 5.75 Å². The maximum absolute atomic E-state index is 13.2. The number of carbonyl (C=O) groups is 1. The van der Waals surface area contributed by atoms with Gasteiger partial charge >= 0.3 is 0 Å². The molecule has 4 aromatic rings. The highest BCUT2D eigenvalue weighted by molar-refractivity contribution is 5.92. The van der Waals surface area contributed by atoms with Gasteiger partial charge < -0.3 is 20.2 Å². The molecule has 0 fully saturated rings. The lowest BCUT2D eigenvalue weighted by molar-refractivity contribution is 0.0922. The van der Waals surface area contributed by atoms with Gasteiger partial charge in [-0.15, -0.1) is 0 Å². The summed E-state index contributed by atoms with van der Waals surface area (Å²) in [5, 5.41) is 16.7. The maximum Gasteiger partial charge on any atom is 0.287 e. The predicted molar refractivity (Wildman–Crippen MR) is 123 cm³/mol. The second-order valence-electron chi connectivity index (χ2n) is 7.44. The lowest BCUT2D eigenvalue weighted by Gasteiger charge is -2.07. The number of para-hydroxylation sites is 1. The summed E-state index contributed by atoms with van der Waals surface area (Å²) < 4.78 is 25.7. The first-order valence-corrected chi connectivity index (χ1v) is 10.6. The number of hydrogen-bond acceptors (Lipinski definition) is 6. The van der Waals surface area contributed by atoms with Gasteiger partial charge in [-0.3, -0.25) is 4.79 Å². The zero-order valence-electron chi connectivity index (χ0n) is 18.2. The average molecular weight is 459 g/mol. The highest BCUT2D eigenvalue weighted by Crippen LogP contribution is 2.22. The molecule has 0 spiro atoms. The van der Waals surface area contributed by atoms with Gasteiger partial charge in [-0.1, -0.05) is 18.2 Å². The van der Waals surface area contributed by atoms with Crippen molar-refractivity contribution >= 4 is 11.7 Å². The summed E-state index contributed by atoms with van der Waals surface area (Å²) in [6, 6.07) is 18.7. The minimum atomic E-state index is -0.378. The molecule has 0 saturated carbocycles. The van der Waals surface area contributed by atoms with Crippen LogP contribution in [-0.2, 0) is 13.0 Å². The number of carbonyl (C=O) groups excluding carboxylic acids is 1. The standard InChI is InChI=1S/C25H22FN5O3/c26-18-8-10-19(11-9-18)31-24(28)21(15-27)22(30-31)7-4-13-29-25(32)23-17(12-14-33-23)16-34-20-5-2-1-3-6-20/h1-3,5-6,8-12,14H,4,7,13,16,28H2,(H,29,32). The Hall–Kier alpha value is -4.58. The number of nitriles is 1. The molecule has 0 aliphatic heterocycles. The van der Waals surface area contributed by atoms with Crippen molar-refractivity contribution in [3.63, 3.8) is 0 Å². The fourth-order valence-corrected chi connectivity index (χ4v) is 3.42. The summed E-state index contributed by atoms with van der Waals surface area (Å²) >= 11 is 0. The Morgan fingerprint density at radius 2 is 1.94 bits per heavy atom. The van der Waals surface area contributed by atoms with Crippen LogP contribution in [0.4, 0.5) is 10.2 Å². The number of benzene rings is 2. The number of ether oxygens (including phenoxy) is 1. The third kappa shape index (κ3) is 5.07. The fraction of sp³-hybridized carbons (Fsp3) is 0.160. The van der Waals surface area contributed by atoms with Crippen molar-refractivity contribution in [2.45, 2.75) is 19.4 Å². The number of anilines is 1. The molecular weight excluding hydrogens is 437 g/mol. The first-order chi connectivity index (χ1) is 16.6. The largest absolute Gasteiger partial charge is 0.489 e. The number of amides is 1. The molecule has 0 atom stereocenters. The zero-order chi connectivity index (χ0) is 23.9. The van der Waals surface area contributed by atoms with E-state index in [1.165, 1.54) is 35.2 Å². The van der Waals surface area contributed by atoms with E-state index in [2.05, 4.69) is 16.5 Å². The molecule has 34 heavy (non-hydrogen) atoms. The van der Waals surface area contributed by atoms with Crippen molar-refractivity contribution in [1.82, 2.24) is 15.1 Å². The SMILES string of the molecule is N#Cc1c(CCCNC(=O)c2occc2COc2ccccc2)nn(-c2ccc(F)cc2)c1N. The van der Waals surface area contributed by atoms with Gasteiger partial charge in [0.1, 0.15) is 35.6 Å². The van der Waals surface area contributed by atoms with Crippen LogP contribution in [0.25, 0.3) is 5.69 Å². The number of aromatic nitrogens is 2. The number of aryl methyl sites for hydroxylation is 1. The van der Waals surface area contributed by atoms with Crippen LogP contribution >= 0.6 is 0 Å². The van der Waals surface area contributed by atoms with Crippen molar-refractivity contribution in [3.05, 3.63) is 95.3 Å². The van der Waals surface area contributed by atoms with Crippen LogP contribution in [0.3, 0.4) is 0 Å². The first kappa shape index (κ1) is 22.6. The molecule has 2 aromatic heterocycles. The van der Waals surface area contributed by atoms with Crippen molar-refractivity contribution < 1.29 is 18.3 Å². The Morgan fingerprint density at radius 1 is 1.18 bits per heavy atom. The van der Waals surface area contributed by atoms with Crippen LogP contribution < -0.4 is 15.8 Å². The van der Waals surface area contributed by atoms with Gasteiger partial charge in [0.25, 0.3) is 5.91 Å². The Bertz CT molecular complexity index is 1310. The van der Waals surface area contributed by atoms with E-state index in [4.69, 9.17) is 14.9 Å². The molecule has 1 amide bonds. The Morgan fingerprint density at radius 3 is 2.68 bits per heavy atom. The molecule has 8 nitrogen and oxygen atoms in total. The first-order valence-electron chi connectivity index (χ1n) is 10.6. The van der Waals surface area contributed by atoms with Crippen LogP contribution in [0.15, 0.2) is 71.3 Å². The molecule has 0 saturated heterocycles. The highest BCUT2D eigenvalue weighted by atomic mass is 19.1. The second-order valence-corrected chi connectivity index (χ2v) is 7.44. The maximum atomic E-state index is 13.2. The zero-order valence-corrected chi connectivity index (χ0v) is 18.2. The molecular formula is C25H22FN5O3. The number of furan rings is 1. The monoisotopic (exact) mass is 459 g/mol. The van der Waals surface area contributed by atoms with E-state index in [1.54, 1.807) is 6.07 Å². The number of nitrogen functional groups attached to an aromatic ring is 1. The van der Waals surface area contributed by atoms with E-state index >= 15 is 0 Å². The predicted octanol–water partition coefficient (Wildman–Crippen LogP) is 4.00. The molecule has 0 aliphatic carbocycles. The smallest absolute Gasteiger partial charge is 0.287 e. The van der Waals surface area contributed by atoms with E-state index in [1.807, 2.05) is 30.3 Å². The summed E-state index contributed by atoms with van der Waals surface area (Å²) in [7, 11) is 0. The Labute approximate surface area is 195 Å². The molecule has 0 aliphatic rings. The third-order valence-electron chi connectivity index (χ3n) is 5.14. The fourth-order valence-electron chi connectivity index (χ4n) is 3.42. The normalized spacial score (nSPS) is 10.6. The van der Waals surface area contributed by atoms with Gasteiger partial charge in [-0.05, 0) is 55.3 Å². The molecule has 4 rings (SSSR count). The van der Waals surface area contributed by atoms with Crippen molar-refractivity contribution in [2.75, 3.05) is 12.3 Å². The molecule has 172 valence electrons. The van der Waals surface area contributed by atoms with Gasteiger partial charge in [0, 0.05) is 12.1 Å². The number of rotatable bonds is 9. The van der Waals surface area contributed by atoms with Crippen LogP contribution in [0.2, 0.25) is 0 Å². The van der Waals surface area contributed by atoms with E-state index in [0.717, 1.165) is 0 Å². The van der Waals surface area contributed by atoms with Gasteiger partial charge in [0.2, 0.25) is 0 Å². The Kier molecular flexibility index (Phi) is 6.89. The van der Waals surface area contributed by atoms with Crippen LogP contribution in [0.1, 0.15) is 33.8 Å².